The molecule has 1 aromatic carbocycles. The average Bonchev–Trinajstić information content (AvgIpc) is 3.11. The zero-order valence-electron chi connectivity index (χ0n) is 14.2. The van der Waals surface area contributed by atoms with Crippen LogP contribution in [0, 0.1) is 10.1 Å². The highest BCUT2D eigenvalue weighted by Gasteiger charge is 2.13. The van der Waals surface area contributed by atoms with Gasteiger partial charge in [-0.15, -0.1) is 0 Å². The fourth-order valence-corrected chi connectivity index (χ4v) is 3.16. The number of furan rings is 1. The van der Waals surface area contributed by atoms with Crippen molar-refractivity contribution in [3.63, 3.8) is 0 Å². The maximum atomic E-state index is 10.7. The monoisotopic (exact) mass is 372 g/mol. The van der Waals surface area contributed by atoms with Crippen molar-refractivity contribution in [1.82, 2.24) is 10.7 Å². The molecule has 1 heterocycles. The van der Waals surface area contributed by atoms with Crippen molar-refractivity contribution in [3.8, 4) is 11.3 Å². The molecule has 1 aliphatic carbocycles. The second-order valence-electron chi connectivity index (χ2n) is 6.18. The lowest BCUT2D eigenvalue weighted by Crippen LogP contribution is -2.40. The predicted molar refractivity (Wildman–Crippen MR) is 104 cm³/mol. The molecule has 2 N–H and O–H groups in total. The first-order chi connectivity index (χ1) is 12.6. The van der Waals surface area contributed by atoms with Crippen LogP contribution in [0.3, 0.4) is 0 Å². The Morgan fingerprint density at radius 2 is 1.92 bits per heavy atom. The molecule has 0 unspecified atom stereocenters. The molecular formula is C18H20N4O3S. The summed E-state index contributed by atoms with van der Waals surface area (Å²) in [6, 6.07) is 10.2. The third kappa shape index (κ3) is 4.89. The van der Waals surface area contributed by atoms with Crippen molar-refractivity contribution in [2.75, 3.05) is 0 Å². The summed E-state index contributed by atoms with van der Waals surface area (Å²) in [6.45, 7) is 0. The number of benzene rings is 1. The molecule has 1 aromatic heterocycles. The number of hydrogen-bond donors (Lipinski definition) is 2. The minimum Gasteiger partial charge on any atom is -0.455 e. The highest BCUT2D eigenvalue weighted by Crippen LogP contribution is 2.24. The third-order valence-electron chi connectivity index (χ3n) is 4.29. The lowest BCUT2D eigenvalue weighted by Gasteiger charge is -2.23. The Balaban J connectivity index is 1.53. The van der Waals surface area contributed by atoms with Crippen molar-refractivity contribution in [2.24, 2.45) is 5.10 Å². The number of nitro groups is 1. The van der Waals surface area contributed by atoms with E-state index < -0.39 is 4.92 Å². The van der Waals surface area contributed by atoms with Gasteiger partial charge in [0.1, 0.15) is 11.5 Å². The van der Waals surface area contributed by atoms with Gasteiger partial charge in [0.25, 0.3) is 5.69 Å². The largest absolute Gasteiger partial charge is 0.455 e. The fourth-order valence-electron chi connectivity index (χ4n) is 2.94. The lowest BCUT2D eigenvalue weighted by molar-refractivity contribution is -0.384. The molecule has 1 saturated carbocycles. The van der Waals surface area contributed by atoms with E-state index in [-0.39, 0.29) is 5.69 Å². The molecule has 2 aromatic rings. The van der Waals surface area contributed by atoms with E-state index in [2.05, 4.69) is 15.8 Å². The van der Waals surface area contributed by atoms with Crippen LogP contribution in [0.25, 0.3) is 11.3 Å². The number of nitro benzene ring substituents is 1. The molecule has 0 atom stereocenters. The number of non-ortho nitro benzene ring substituents is 1. The quantitative estimate of drug-likeness (QED) is 0.357. The fraction of sp³-hybridized carbons (Fsp3) is 0.333. The van der Waals surface area contributed by atoms with E-state index in [1.807, 2.05) is 0 Å². The molecule has 0 saturated heterocycles. The zero-order chi connectivity index (χ0) is 18.4. The maximum absolute atomic E-state index is 10.7. The minimum atomic E-state index is -0.431. The van der Waals surface area contributed by atoms with E-state index in [4.69, 9.17) is 16.6 Å². The average molecular weight is 372 g/mol. The van der Waals surface area contributed by atoms with E-state index in [0.29, 0.717) is 22.7 Å². The number of hydrogen-bond acceptors (Lipinski definition) is 5. The van der Waals surface area contributed by atoms with Crippen LogP contribution in [0.2, 0.25) is 0 Å². The normalized spacial score (nSPS) is 15.1. The summed E-state index contributed by atoms with van der Waals surface area (Å²) in [7, 11) is 0. The van der Waals surface area contributed by atoms with E-state index in [1.54, 1.807) is 30.5 Å². The van der Waals surface area contributed by atoms with Crippen molar-refractivity contribution in [2.45, 2.75) is 38.1 Å². The van der Waals surface area contributed by atoms with Gasteiger partial charge in [0.15, 0.2) is 5.11 Å². The second kappa shape index (κ2) is 8.57. The lowest BCUT2D eigenvalue weighted by atomic mass is 9.96. The molecule has 3 rings (SSSR count). The highest BCUT2D eigenvalue weighted by molar-refractivity contribution is 7.80. The zero-order valence-corrected chi connectivity index (χ0v) is 15.0. The van der Waals surface area contributed by atoms with Crippen molar-refractivity contribution < 1.29 is 9.34 Å². The summed E-state index contributed by atoms with van der Waals surface area (Å²) in [5.41, 5.74) is 3.61. The van der Waals surface area contributed by atoms with Gasteiger partial charge in [-0.25, -0.2) is 0 Å². The van der Waals surface area contributed by atoms with Crippen LogP contribution in [0.1, 0.15) is 37.9 Å². The van der Waals surface area contributed by atoms with Gasteiger partial charge < -0.3 is 9.73 Å². The Kier molecular flexibility index (Phi) is 5.96. The molecule has 0 aliphatic heterocycles. The second-order valence-corrected chi connectivity index (χ2v) is 6.59. The Morgan fingerprint density at radius 3 is 2.62 bits per heavy atom. The van der Waals surface area contributed by atoms with Crippen molar-refractivity contribution in [1.29, 1.82) is 0 Å². The van der Waals surface area contributed by atoms with Gasteiger partial charge in [0.2, 0.25) is 0 Å². The van der Waals surface area contributed by atoms with Crippen molar-refractivity contribution in [3.05, 3.63) is 52.3 Å². The van der Waals surface area contributed by atoms with Crippen LogP contribution >= 0.6 is 12.2 Å². The molecule has 8 heteroatoms. The molecule has 0 radical (unpaired) electrons. The molecule has 0 spiro atoms. The van der Waals surface area contributed by atoms with Gasteiger partial charge in [0.05, 0.1) is 11.1 Å². The number of rotatable bonds is 5. The summed E-state index contributed by atoms with van der Waals surface area (Å²) < 4.78 is 5.68. The summed E-state index contributed by atoms with van der Waals surface area (Å²) >= 11 is 5.24. The Hall–Kier alpha value is -2.74. The standard InChI is InChI=1S/C18H20N4O3S/c23-22(24)15-8-6-13(7-9-15)17-11-10-16(25-17)12-19-21-18(26)20-14-4-2-1-3-5-14/h6-12,14H,1-5H2,(H2,20,21,26)/b19-12+. The van der Waals surface area contributed by atoms with E-state index in [0.717, 1.165) is 18.4 Å². The number of nitrogens with one attached hydrogen (secondary N) is 2. The van der Waals surface area contributed by atoms with Crippen LogP contribution in [-0.4, -0.2) is 22.3 Å². The SMILES string of the molecule is O=[N+]([O-])c1ccc(-c2ccc(/C=N/NC(=S)NC3CCCCC3)o2)cc1. The van der Waals surface area contributed by atoms with Gasteiger partial charge in [-0.3, -0.25) is 15.5 Å². The van der Waals surface area contributed by atoms with Crippen LogP contribution in [0.15, 0.2) is 45.9 Å². The highest BCUT2D eigenvalue weighted by atomic mass is 32.1. The van der Waals surface area contributed by atoms with Crippen LogP contribution in [-0.2, 0) is 0 Å². The summed E-state index contributed by atoms with van der Waals surface area (Å²) in [6.07, 6.45) is 7.60. The molecule has 0 amide bonds. The molecular weight excluding hydrogens is 352 g/mol. The van der Waals surface area contributed by atoms with E-state index in [1.165, 1.54) is 31.4 Å². The first kappa shape index (κ1) is 18.1. The molecule has 26 heavy (non-hydrogen) atoms. The topological polar surface area (TPSA) is 92.7 Å². The first-order valence-electron chi connectivity index (χ1n) is 8.56. The summed E-state index contributed by atoms with van der Waals surface area (Å²) in [4.78, 5) is 10.3. The molecule has 7 nitrogen and oxygen atoms in total. The molecule has 0 bridgehead atoms. The Morgan fingerprint density at radius 1 is 1.19 bits per heavy atom. The Bertz CT molecular complexity index is 795. The number of hydrazone groups is 1. The summed E-state index contributed by atoms with van der Waals surface area (Å²) in [5.74, 6) is 1.18. The van der Waals surface area contributed by atoms with Gasteiger partial charge in [-0.2, -0.15) is 5.10 Å². The first-order valence-corrected chi connectivity index (χ1v) is 8.97. The van der Waals surface area contributed by atoms with Gasteiger partial charge in [-0.1, -0.05) is 19.3 Å². The third-order valence-corrected chi connectivity index (χ3v) is 4.50. The maximum Gasteiger partial charge on any atom is 0.269 e. The van der Waals surface area contributed by atoms with Gasteiger partial charge >= 0.3 is 0 Å². The number of nitrogens with zero attached hydrogens (tertiary/aromatic N) is 2. The minimum absolute atomic E-state index is 0.0465. The molecule has 136 valence electrons. The van der Waals surface area contributed by atoms with Crippen LogP contribution in [0.5, 0.6) is 0 Å². The predicted octanol–water partition coefficient (Wildman–Crippen LogP) is 3.99. The van der Waals surface area contributed by atoms with Gasteiger partial charge in [-0.05, 0) is 49.3 Å². The molecule has 1 fully saturated rings. The van der Waals surface area contributed by atoms with E-state index >= 15 is 0 Å². The van der Waals surface area contributed by atoms with E-state index in [9.17, 15) is 10.1 Å². The van der Waals surface area contributed by atoms with Gasteiger partial charge in [0, 0.05) is 23.7 Å². The van der Waals surface area contributed by atoms with Crippen molar-refractivity contribution >= 4 is 29.2 Å². The molecule has 1 aliphatic rings. The number of thiocarbonyl (C=S) groups is 1. The summed E-state index contributed by atoms with van der Waals surface area (Å²) in [5, 5.41) is 18.6. The Labute approximate surface area is 156 Å². The van der Waals surface area contributed by atoms with Crippen LogP contribution < -0.4 is 10.7 Å². The smallest absolute Gasteiger partial charge is 0.269 e. The van der Waals surface area contributed by atoms with Crippen LogP contribution in [0.4, 0.5) is 5.69 Å².